The molecule has 1 aromatic carbocycles. The standard InChI is InChI=1S/C23H27N5O7/c1-32-14-7-8-33-16(9-14)35-19-18(30)15(10-29)34-23(19)28-12-26-17-20(24-11-25-21(17)28)27-22(31)13-5-3-2-4-6-13/h2-6,11-12,14-16,18-19,23,29-30H,7-10H2,1H3,(H,24,25,27,31)/t14?,15-,16?,18-,19-,23-/m1/s1. The van der Waals surface area contributed by atoms with E-state index in [1.54, 1.807) is 35.9 Å². The summed E-state index contributed by atoms with van der Waals surface area (Å²) in [6.07, 6.45) is -0.309. The number of nitrogens with one attached hydrogen (secondary N) is 1. The van der Waals surface area contributed by atoms with Gasteiger partial charge in [-0.05, 0) is 18.6 Å². The van der Waals surface area contributed by atoms with Gasteiger partial charge in [-0.25, -0.2) is 15.0 Å². The first-order valence-corrected chi connectivity index (χ1v) is 11.4. The Balaban J connectivity index is 1.41. The van der Waals surface area contributed by atoms with Gasteiger partial charge in [0.2, 0.25) is 0 Å². The van der Waals surface area contributed by atoms with E-state index < -0.39 is 37.4 Å². The molecule has 6 atom stereocenters. The molecule has 4 heterocycles. The van der Waals surface area contributed by atoms with Crippen LogP contribution in [0.25, 0.3) is 11.2 Å². The summed E-state index contributed by atoms with van der Waals surface area (Å²) >= 11 is 0. The molecule has 0 saturated carbocycles. The largest absolute Gasteiger partial charge is 0.394 e. The Kier molecular flexibility index (Phi) is 7.00. The van der Waals surface area contributed by atoms with Crippen LogP contribution in [0.4, 0.5) is 5.82 Å². The lowest BCUT2D eigenvalue weighted by Gasteiger charge is -2.32. The first-order chi connectivity index (χ1) is 17.1. The van der Waals surface area contributed by atoms with Crippen molar-refractivity contribution in [3.05, 3.63) is 48.5 Å². The fourth-order valence-electron chi connectivity index (χ4n) is 4.35. The predicted octanol–water partition coefficient (Wildman–Crippen LogP) is 0.866. The first-order valence-electron chi connectivity index (χ1n) is 11.4. The van der Waals surface area contributed by atoms with Crippen molar-refractivity contribution in [2.24, 2.45) is 0 Å². The SMILES string of the molecule is COC1CCOC(O[C@@H]2[C@H](O)[C@@H](CO)O[C@H]2n2cnc3c(NC(=O)c4ccccc4)ncnc32)C1. The quantitative estimate of drug-likeness (QED) is 0.440. The van der Waals surface area contributed by atoms with E-state index in [2.05, 4.69) is 20.3 Å². The molecule has 12 heteroatoms. The van der Waals surface area contributed by atoms with Crippen LogP contribution in [0.15, 0.2) is 43.0 Å². The lowest BCUT2D eigenvalue weighted by Crippen LogP contribution is -2.41. The zero-order valence-corrected chi connectivity index (χ0v) is 19.1. The molecule has 1 amide bonds. The Labute approximate surface area is 200 Å². The van der Waals surface area contributed by atoms with Crippen LogP contribution < -0.4 is 5.32 Å². The van der Waals surface area contributed by atoms with Gasteiger partial charge in [0.1, 0.15) is 24.6 Å². The number of carbonyl (C=O) groups is 1. The topological polar surface area (TPSA) is 150 Å². The summed E-state index contributed by atoms with van der Waals surface area (Å²) in [5.74, 6) is -0.104. The van der Waals surface area contributed by atoms with E-state index in [9.17, 15) is 15.0 Å². The number of fused-ring (bicyclic) bond motifs is 1. The fraction of sp³-hybridized carbons (Fsp3) is 0.478. The number of ether oxygens (including phenoxy) is 4. The molecule has 0 radical (unpaired) electrons. The number of aromatic nitrogens is 4. The normalized spacial score (nSPS) is 28.9. The van der Waals surface area contributed by atoms with Gasteiger partial charge in [0.15, 0.2) is 29.5 Å². The minimum absolute atomic E-state index is 0.0158. The van der Waals surface area contributed by atoms with Gasteiger partial charge in [-0.1, -0.05) is 18.2 Å². The molecule has 0 aliphatic carbocycles. The van der Waals surface area contributed by atoms with Crippen molar-refractivity contribution in [1.29, 1.82) is 0 Å². The monoisotopic (exact) mass is 485 g/mol. The van der Waals surface area contributed by atoms with Crippen molar-refractivity contribution < 1.29 is 34.0 Å². The van der Waals surface area contributed by atoms with Gasteiger partial charge < -0.3 is 34.5 Å². The molecule has 2 saturated heterocycles. The molecule has 2 aromatic heterocycles. The third-order valence-corrected chi connectivity index (χ3v) is 6.23. The third kappa shape index (κ3) is 4.76. The summed E-state index contributed by atoms with van der Waals surface area (Å²) in [5.41, 5.74) is 1.18. The van der Waals surface area contributed by atoms with Crippen LogP contribution in [0.3, 0.4) is 0 Å². The lowest BCUT2D eigenvalue weighted by molar-refractivity contribution is -0.231. The lowest BCUT2D eigenvalue weighted by atomic mass is 10.1. The van der Waals surface area contributed by atoms with Crippen LogP contribution in [-0.4, -0.2) is 86.7 Å². The molecule has 12 nitrogen and oxygen atoms in total. The number of nitrogens with zero attached hydrogens (tertiary/aromatic N) is 4. The maximum Gasteiger partial charge on any atom is 0.256 e. The highest BCUT2D eigenvalue weighted by atomic mass is 16.7. The number of imidazole rings is 1. The molecular weight excluding hydrogens is 458 g/mol. The Morgan fingerprint density at radius 2 is 2.09 bits per heavy atom. The maximum atomic E-state index is 12.6. The Morgan fingerprint density at radius 1 is 1.26 bits per heavy atom. The zero-order valence-electron chi connectivity index (χ0n) is 19.1. The first kappa shape index (κ1) is 23.7. The second kappa shape index (κ2) is 10.3. The molecule has 186 valence electrons. The van der Waals surface area contributed by atoms with E-state index in [0.717, 1.165) is 6.42 Å². The van der Waals surface area contributed by atoms with Crippen molar-refractivity contribution in [3.8, 4) is 0 Å². The summed E-state index contributed by atoms with van der Waals surface area (Å²) < 4.78 is 24.8. The summed E-state index contributed by atoms with van der Waals surface area (Å²) in [5, 5.41) is 23.3. The number of rotatable bonds is 7. The summed E-state index contributed by atoms with van der Waals surface area (Å²) in [4.78, 5) is 25.5. The van der Waals surface area contributed by atoms with Gasteiger partial charge in [-0.3, -0.25) is 9.36 Å². The van der Waals surface area contributed by atoms with E-state index in [0.29, 0.717) is 29.8 Å². The van der Waals surface area contributed by atoms with Crippen molar-refractivity contribution in [1.82, 2.24) is 19.5 Å². The zero-order chi connectivity index (χ0) is 24.4. The molecule has 2 aliphatic rings. The minimum atomic E-state index is -1.12. The maximum absolute atomic E-state index is 12.6. The average molecular weight is 485 g/mol. The average Bonchev–Trinajstić information content (AvgIpc) is 3.46. The van der Waals surface area contributed by atoms with Gasteiger partial charge in [0.25, 0.3) is 5.91 Å². The third-order valence-electron chi connectivity index (χ3n) is 6.23. The van der Waals surface area contributed by atoms with Crippen molar-refractivity contribution in [2.45, 2.75) is 49.8 Å². The molecule has 3 aromatic rings. The van der Waals surface area contributed by atoms with Crippen LogP contribution in [0.5, 0.6) is 0 Å². The summed E-state index contributed by atoms with van der Waals surface area (Å²) in [7, 11) is 1.64. The molecule has 0 bridgehead atoms. The van der Waals surface area contributed by atoms with Crippen LogP contribution in [0, 0.1) is 0 Å². The minimum Gasteiger partial charge on any atom is -0.394 e. The van der Waals surface area contributed by atoms with Gasteiger partial charge >= 0.3 is 0 Å². The van der Waals surface area contributed by atoms with Gasteiger partial charge in [0, 0.05) is 19.1 Å². The fourth-order valence-corrected chi connectivity index (χ4v) is 4.35. The Hall–Kier alpha value is -3.00. The molecule has 5 rings (SSSR count). The molecule has 3 N–H and O–H groups in total. The summed E-state index contributed by atoms with van der Waals surface area (Å²) in [6, 6.07) is 8.75. The number of amides is 1. The highest BCUT2D eigenvalue weighted by Crippen LogP contribution is 2.36. The molecule has 2 fully saturated rings. The molecule has 2 aliphatic heterocycles. The molecule has 35 heavy (non-hydrogen) atoms. The van der Waals surface area contributed by atoms with Crippen LogP contribution in [-0.2, 0) is 18.9 Å². The van der Waals surface area contributed by atoms with Crippen molar-refractivity contribution >= 4 is 22.9 Å². The number of aliphatic hydroxyl groups is 2. The Bertz CT molecular complexity index is 1160. The van der Waals surface area contributed by atoms with Gasteiger partial charge in [0.05, 0.1) is 25.6 Å². The van der Waals surface area contributed by atoms with Crippen LogP contribution in [0.1, 0.15) is 29.4 Å². The predicted molar refractivity (Wildman–Crippen MR) is 121 cm³/mol. The Morgan fingerprint density at radius 3 is 2.86 bits per heavy atom. The number of anilines is 1. The molecule has 2 unspecified atom stereocenters. The van der Waals surface area contributed by atoms with E-state index >= 15 is 0 Å². The number of methoxy groups -OCH3 is 1. The number of benzene rings is 1. The second-order valence-electron chi connectivity index (χ2n) is 8.39. The molecule has 0 spiro atoms. The van der Waals surface area contributed by atoms with E-state index in [4.69, 9.17) is 18.9 Å². The number of hydrogen-bond donors (Lipinski definition) is 3. The van der Waals surface area contributed by atoms with Crippen molar-refractivity contribution in [2.75, 3.05) is 25.6 Å². The second-order valence-corrected chi connectivity index (χ2v) is 8.39. The van der Waals surface area contributed by atoms with Gasteiger partial charge in [-0.2, -0.15) is 0 Å². The highest BCUT2D eigenvalue weighted by molar-refractivity contribution is 6.06. The van der Waals surface area contributed by atoms with Gasteiger partial charge in [-0.15, -0.1) is 0 Å². The molecular formula is C23H27N5O7. The van der Waals surface area contributed by atoms with Crippen LogP contribution >= 0.6 is 0 Å². The number of carbonyl (C=O) groups excluding carboxylic acids is 1. The highest BCUT2D eigenvalue weighted by Gasteiger charge is 2.47. The van der Waals surface area contributed by atoms with Crippen molar-refractivity contribution in [3.63, 3.8) is 0 Å². The number of aliphatic hydroxyl groups excluding tert-OH is 2. The number of hydrogen-bond acceptors (Lipinski definition) is 10. The smallest absolute Gasteiger partial charge is 0.256 e. The van der Waals surface area contributed by atoms with E-state index in [1.165, 1.54) is 12.7 Å². The van der Waals surface area contributed by atoms with Crippen LogP contribution in [0.2, 0.25) is 0 Å². The van der Waals surface area contributed by atoms with E-state index in [1.807, 2.05) is 6.07 Å². The summed E-state index contributed by atoms with van der Waals surface area (Å²) in [6.45, 7) is 0.0659. The van der Waals surface area contributed by atoms with E-state index in [-0.39, 0.29) is 17.8 Å².